The van der Waals surface area contributed by atoms with Crippen LogP contribution in [0.1, 0.15) is 37.7 Å². The molecule has 1 aliphatic carbocycles. The quantitative estimate of drug-likeness (QED) is 0.902. The molecule has 1 heterocycles. The molecule has 1 unspecified atom stereocenters. The van der Waals surface area contributed by atoms with Gasteiger partial charge in [0.1, 0.15) is 0 Å². The topological polar surface area (TPSA) is 26.7 Å². The number of nitrogens with zero attached hydrogens (tertiary/aromatic N) is 2. The Labute approximate surface area is 128 Å². The Morgan fingerprint density at radius 3 is 2.52 bits per heavy atom. The monoisotopic (exact) mass is 288 g/mol. The highest BCUT2D eigenvalue weighted by atomic mass is 16.3. The SMILES string of the molecule is OCCC1CN(C2CCCC2)CCN1Cc1ccccc1. The Kier molecular flexibility index (Phi) is 5.28. The van der Waals surface area contributed by atoms with Gasteiger partial charge in [0.05, 0.1) is 0 Å². The maximum Gasteiger partial charge on any atom is 0.0446 e. The summed E-state index contributed by atoms with van der Waals surface area (Å²) in [5.74, 6) is 0. The van der Waals surface area contributed by atoms with E-state index in [-0.39, 0.29) is 0 Å². The second-order valence-electron chi connectivity index (χ2n) is 6.56. The van der Waals surface area contributed by atoms with Crippen molar-refractivity contribution in [1.82, 2.24) is 9.80 Å². The second-order valence-corrected chi connectivity index (χ2v) is 6.56. The highest BCUT2D eigenvalue weighted by Gasteiger charge is 2.31. The molecule has 0 amide bonds. The van der Waals surface area contributed by atoms with Crippen molar-refractivity contribution in [1.29, 1.82) is 0 Å². The van der Waals surface area contributed by atoms with E-state index < -0.39 is 0 Å². The van der Waals surface area contributed by atoms with Gasteiger partial charge in [-0.15, -0.1) is 0 Å². The Hall–Kier alpha value is -0.900. The highest BCUT2D eigenvalue weighted by molar-refractivity contribution is 5.14. The van der Waals surface area contributed by atoms with E-state index in [4.69, 9.17) is 0 Å². The van der Waals surface area contributed by atoms with E-state index in [0.29, 0.717) is 12.6 Å². The molecular formula is C18H28N2O. The average Bonchev–Trinajstić information content (AvgIpc) is 3.05. The summed E-state index contributed by atoms with van der Waals surface area (Å²) in [4.78, 5) is 5.26. The molecule has 3 rings (SSSR count). The summed E-state index contributed by atoms with van der Waals surface area (Å²) in [5, 5.41) is 9.41. The molecule has 0 aromatic heterocycles. The normalized spacial score (nSPS) is 25.5. The van der Waals surface area contributed by atoms with E-state index in [2.05, 4.69) is 40.1 Å². The number of rotatable bonds is 5. The van der Waals surface area contributed by atoms with Crippen LogP contribution in [0.3, 0.4) is 0 Å². The molecule has 0 radical (unpaired) electrons. The van der Waals surface area contributed by atoms with Gasteiger partial charge >= 0.3 is 0 Å². The van der Waals surface area contributed by atoms with Gasteiger partial charge in [0.2, 0.25) is 0 Å². The fraction of sp³-hybridized carbons (Fsp3) is 0.667. The van der Waals surface area contributed by atoms with Gasteiger partial charge in [0.25, 0.3) is 0 Å². The number of piperazine rings is 1. The van der Waals surface area contributed by atoms with Gasteiger partial charge in [0, 0.05) is 44.9 Å². The fourth-order valence-electron chi connectivity index (χ4n) is 3.97. The predicted octanol–water partition coefficient (Wildman–Crippen LogP) is 2.50. The van der Waals surface area contributed by atoms with Crippen LogP contribution in [0, 0.1) is 0 Å². The molecule has 1 saturated carbocycles. The lowest BCUT2D eigenvalue weighted by molar-refractivity contribution is 0.0327. The van der Waals surface area contributed by atoms with Gasteiger partial charge < -0.3 is 5.11 Å². The zero-order chi connectivity index (χ0) is 14.5. The van der Waals surface area contributed by atoms with Crippen molar-refractivity contribution in [2.75, 3.05) is 26.2 Å². The van der Waals surface area contributed by atoms with Gasteiger partial charge in [-0.2, -0.15) is 0 Å². The van der Waals surface area contributed by atoms with Crippen molar-refractivity contribution in [3.05, 3.63) is 35.9 Å². The Morgan fingerprint density at radius 2 is 1.81 bits per heavy atom. The summed E-state index contributed by atoms with van der Waals surface area (Å²) in [6.07, 6.45) is 6.46. The van der Waals surface area contributed by atoms with E-state index in [9.17, 15) is 5.11 Å². The molecular weight excluding hydrogens is 260 g/mol. The first-order valence-corrected chi connectivity index (χ1v) is 8.49. The lowest BCUT2D eigenvalue weighted by atomic mass is 10.0. The van der Waals surface area contributed by atoms with Crippen LogP contribution in [0.5, 0.6) is 0 Å². The van der Waals surface area contributed by atoms with Crippen LogP contribution in [0.2, 0.25) is 0 Å². The Balaban J connectivity index is 1.61. The summed E-state index contributed by atoms with van der Waals surface area (Å²) in [6.45, 7) is 4.78. The van der Waals surface area contributed by atoms with Crippen LogP contribution in [-0.4, -0.2) is 53.2 Å². The summed E-state index contributed by atoms with van der Waals surface area (Å²) < 4.78 is 0. The lowest BCUT2D eigenvalue weighted by Crippen LogP contribution is -2.55. The zero-order valence-corrected chi connectivity index (χ0v) is 13.0. The van der Waals surface area contributed by atoms with E-state index in [1.165, 1.54) is 37.8 Å². The summed E-state index contributed by atoms with van der Waals surface area (Å²) >= 11 is 0. The Morgan fingerprint density at radius 1 is 1.05 bits per heavy atom. The average molecular weight is 288 g/mol. The van der Waals surface area contributed by atoms with Crippen molar-refractivity contribution in [2.45, 2.75) is 50.7 Å². The van der Waals surface area contributed by atoms with E-state index in [0.717, 1.165) is 32.1 Å². The lowest BCUT2D eigenvalue weighted by Gasteiger charge is -2.44. The summed E-state index contributed by atoms with van der Waals surface area (Å²) in [6, 6.07) is 12.0. The van der Waals surface area contributed by atoms with Crippen LogP contribution in [0.15, 0.2) is 30.3 Å². The molecule has 2 fully saturated rings. The van der Waals surface area contributed by atoms with Crippen molar-refractivity contribution in [3.8, 4) is 0 Å². The van der Waals surface area contributed by atoms with Crippen molar-refractivity contribution in [3.63, 3.8) is 0 Å². The molecule has 1 saturated heterocycles. The fourth-order valence-corrected chi connectivity index (χ4v) is 3.97. The molecule has 3 heteroatoms. The highest BCUT2D eigenvalue weighted by Crippen LogP contribution is 2.26. The number of hydrogen-bond acceptors (Lipinski definition) is 3. The number of aliphatic hydroxyl groups excluding tert-OH is 1. The summed E-state index contributed by atoms with van der Waals surface area (Å²) in [5.41, 5.74) is 1.38. The molecule has 1 aromatic rings. The van der Waals surface area contributed by atoms with Gasteiger partial charge in [0.15, 0.2) is 0 Å². The third-order valence-electron chi connectivity index (χ3n) is 5.17. The molecule has 116 valence electrons. The molecule has 1 aliphatic heterocycles. The Bertz CT molecular complexity index is 416. The minimum absolute atomic E-state index is 0.300. The van der Waals surface area contributed by atoms with Crippen LogP contribution < -0.4 is 0 Å². The van der Waals surface area contributed by atoms with E-state index in [1.807, 2.05) is 0 Å². The van der Waals surface area contributed by atoms with Gasteiger partial charge in [-0.1, -0.05) is 43.2 Å². The molecule has 0 spiro atoms. The van der Waals surface area contributed by atoms with Crippen LogP contribution in [-0.2, 0) is 6.54 Å². The number of benzene rings is 1. The molecule has 1 N–H and O–H groups in total. The number of hydrogen-bond donors (Lipinski definition) is 1. The van der Waals surface area contributed by atoms with Crippen molar-refractivity contribution in [2.24, 2.45) is 0 Å². The molecule has 1 atom stereocenters. The molecule has 0 bridgehead atoms. The molecule has 3 nitrogen and oxygen atoms in total. The van der Waals surface area contributed by atoms with Crippen LogP contribution in [0.4, 0.5) is 0 Å². The second kappa shape index (κ2) is 7.39. The third-order valence-corrected chi connectivity index (χ3v) is 5.17. The van der Waals surface area contributed by atoms with Crippen molar-refractivity contribution < 1.29 is 5.11 Å². The van der Waals surface area contributed by atoms with Gasteiger partial charge in [-0.3, -0.25) is 9.80 Å². The largest absolute Gasteiger partial charge is 0.396 e. The van der Waals surface area contributed by atoms with Crippen molar-refractivity contribution >= 4 is 0 Å². The van der Waals surface area contributed by atoms with Gasteiger partial charge in [-0.25, -0.2) is 0 Å². The minimum Gasteiger partial charge on any atom is -0.396 e. The van der Waals surface area contributed by atoms with E-state index >= 15 is 0 Å². The first kappa shape index (κ1) is 15.0. The maximum absolute atomic E-state index is 9.41. The minimum atomic E-state index is 0.300. The number of aliphatic hydroxyl groups is 1. The summed E-state index contributed by atoms with van der Waals surface area (Å²) in [7, 11) is 0. The maximum atomic E-state index is 9.41. The van der Waals surface area contributed by atoms with Crippen LogP contribution >= 0.6 is 0 Å². The van der Waals surface area contributed by atoms with Gasteiger partial charge in [-0.05, 0) is 24.8 Å². The predicted molar refractivity (Wildman–Crippen MR) is 86.2 cm³/mol. The molecule has 21 heavy (non-hydrogen) atoms. The first-order valence-electron chi connectivity index (χ1n) is 8.49. The standard InChI is InChI=1S/C18H28N2O/c21-13-10-18-15-20(17-8-4-5-9-17)12-11-19(18)14-16-6-2-1-3-7-16/h1-3,6-7,17-18,21H,4-5,8-15H2. The van der Waals surface area contributed by atoms with E-state index in [1.54, 1.807) is 0 Å². The van der Waals surface area contributed by atoms with Crippen LogP contribution in [0.25, 0.3) is 0 Å². The first-order chi connectivity index (χ1) is 10.4. The smallest absolute Gasteiger partial charge is 0.0446 e. The third kappa shape index (κ3) is 3.85. The zero-order valence-electron chi connectivity index (χ0n) is 13.0. The molecule has 2 aliphatic rings. The molecule has 1 aromatic carbocycles.